The van der Waals surface area contributed by atoms with E-state index >= 15 is 0 Å². The third-order valence-electron chi connectivity index (χ3n) is 4.52. The van der Waals surface area contributed by atoms with Crippen LogP contribution in [0.5, 0.6) is 0 Å². The first-order chi connectivity index (χ1) is 11.9. The maximum Gasteiger partial charge on any atom is 0.265 e. The lowest BCUT2D eigenvalue weighted by atomic mass is 10.2. The van der Waals surface area contributed by atoms with E-state index in [1.54, 1.807) is 21.7 Å². The van der Waals surface area contributed by atoms with Gasteiger partial charge < -0.3 is 0 Å². The number of hydrogen-bond donors (Lipinski definition) is 0. The Morgan fingerprint density at radius 1 is 1.08 bits per heavy atom. The van der Waals surface area contributed by atoms with E-state index in [9.17, 15) is 8.42 Å². The Morgan fingerprint density at radius 3 is 2.56 bits per heavy atom. The molecule has 0 atom stereocenters. The van der Waals surface area contributed by atoms with E-state index in [-0.39, 0.29) is 0 Å². The molecule has 1 aliphatic rings. The second-order valence-electron chi connectivity index (χ2n) is 6.15. The minimum Gasteiger partial charge on any atom is -0.266 e. The van der Waals surface area contributed by atoms with Crippen molar-refractivity contribution in [2.45, 2.75) is 32.1 Å². The van der Waals surface area contributed by atoms with Crippen LogP contribution in [-0.4, -0.2) is 19.9 Å². The molecule has 2 aromatic heterocycles. The lowest BCUT2D eigenvalue weighted by Gasteiger charge is -2.19. The number of sulfonamides is 1. The summed E-state index contributed by atoms with van der Waals surface area (Å²) in [5.41, 5.74) is 2.89. The number of nitrogens with zero attached hydrogens (tertiary/aromatic N) is 2. The van der Waals surface area contributed by atoms with E-state index in [4.69, 9.17) is 0 Å². The monoisotopic (exact) mass is 390 g/mol. The summed E-state index contributed by atoms with van der Waals surface area (Å²) in [6.45, 7) is 6.39. The quantitative estimate of drug-likeness (QED) is 0.659. The number of anilines is 1. The molecule has 4 rings (SSSR count). The van der Waals surface area contributed by atoms with Crippen LogP contribution in [0, 0.1) is 20.8 Å². The van der Waals surface area contributed by atoms with E-state index < -0.39 is 10.0 Å². The van der Waals surface area contributed by atoms with Gasteiger partial charge in [0.05, 0.1) is 16.3 Å². The molecule has 3 heterocycles. The van der Waals surface area contributed by atoms with Crippen molar-refractivity contribution in [1.82, 2.24) is 4.98 Å². The average Bonchev–Trinajstić information content (AvgIpc) is 3.25. The topological polar surface area (TPSA) is 50.3 Å². The third kappa shape index (κ3) is 2.70. The van der Waals surface area contributed by atoms with Crippen LogP contribution in [0.2, 0.25) is 0 Å². The van der Waals surface area contributed by atoms with E-state index in [1.807, 2.05) is 45.0 Å². The van der Waals surface area contributed by atoms with E-state index in [2.05, 4.69) is 4.98 Å². The highest BCUT2D eigenvalue weighted by Gasteiger charge is 2.33. The van der Waals surface area contributed by atoms with Crippen LogP contribution in [0.25, 0.3) is 9.88 Å². The van der Waals surface area contributed by atoms with Crippen molar-refractivity contribution >= 4 is 38.4 Å². The summed E-state index contributed by atoms with van der Waals surface area (Å²) in [6, 6.07) is 9.51. The van der Waals surface area contributed by atoms with Crippen molar-refractivity contribution in [1.29, 1.82) is 0 Å². The van der Waals surface area contributed by atoms with Crippen LogP contribution < -0.4 is 4.31 Å². The summed E-state index contributed by atoms with van der Waals surface area (Å²) in [7, 11) is -3.55. The summed E-state index contributed by atoms with van der Waals surface area (Å²) in [6.07, 6.45) is 0.760. The van der Waals surface area contributed by atoms with E-state index in [0.29, 0.717) is 11.4 Å². The van der Waals surface area contributed by atoms with Gasteiger partial charge in [0.15, 0.2) is 0 Å². The zero-order valence-corrected chi connectivity index (χ0v) is 16.7. The van der Waals surface area contributed by atoms with Crippen molar-refractivity contribution in [3.8, 4) is 9.88 Å². The van der Waals surface area contributed by atoms with Gasteiger partial charge in [0.2, 0.25) is 0 Å². The molecule has 0 saturated carbocycles. The Bertz CT molecular complexity index is 1040. The fraction of sp³-hybridized carbons (Fsp3) is 0.278. The smallest absolute Gasteiger partial charge is 0.265 e. The molecule has 0 saturated heterocycles. The van der Waals surface area contributed by atoms with Crippen molar-refractivity contribution in [2.24, 2.45) is 0 Å². The van der Waals surface area contributed by atoms with Gasteiger partial charge in [0, 0.05) is 16.3 Å². The molecule has 3 aromatic rings. The van der Waals surface area contributed by atoms with Crippen LogP contribution in [0.3, 0.4) is 0 Å². The number of fused-ring (bicyclic) bond motifs is 1. The summed E-state index contributed by atoms with van der Waals surface area (Å²) < 4.78 is 28.0. The minimum absolute atomic E-state index is 0.398. The lowest BCUT2D eigenvalue weighted by Crippen LogP contribution is -2.29. The number of benzene rings is 1. The molecule has 25 heavy (non-hydrogen) atoms. The first-order valence-corrected chi connectivity index (χ1v) is 11.1. The van der Waals surface area contributed by atoms with E-state index in [0.717, 1.165) is 38.1 Å². The molecule has 0 spiro atoms. The Kier molecular flexibility index (Phi) is 3.97. The molecule has 0 aliphatic carbocycles. The first-order valence-electron chi connectivity index (χ1n) is 8.03. The standard InChI is InChI=1S/C18H18N2O2S3/c1-11-12(2)24-18(19-11)16-10-17(13(3)23-16)25(21,22)20-9-8-14-6-4-5-7-15(14)20/h4-7,10H,8-9H2,1-3H3. The van der Waals surface area contributed by atoms with Crippen molar-refractivity contribution in [3.63, 3.8) is 0 Å². The van der Waals surface area contributed by atoms with Gasteiger partial charge in [-0.05, 0) is 44.9 Å². The molecule has 0 fully saturated rings. The molecular formula is C18H18N2O2S3. The zero-order valence-electron chi connectivity index (χ0n) is 14.2. The van der Waals surface area contributed by atoms with Crippen molar-refractivity contribution in [3.05, 3.63) is 51.3 Å². The Balaban J connectivity index is 1.77. The van der Waals surface area contributed by atoms with Crippen LogP contribution in [0.1, 0.15) is 21.0 Å². The molecule has 4 nitrogen and oxygen atoms in total. The van der Waals surface area contributed by atoms with Crippen molar-refractivity contribution < 1.29 is 8.42 Å². The fourth-order valence-electron chi connectivity index (χ4n) is 3.08. The number of thiazole rings is 1. The second kappa shape index (κ2) is 5.93. The highest BCUT2D eigenvalue weighted by Crippen LogP contribution is 2.40. The summed E-state index contributed by atoms with van der Waals surface area (Å²) in [5, 5.41) is 0.895. The SMILES string of the molecule is Cc1nc(-c2cc(S(=O)(=O)N3CCc4ccccc43)c(C)s2)sc1C. The summed E-state index contributed by atoms with van der Waals surface area (Å²) in [5.74, 6) is 0. The molecule has 0 bridgehead atoms. The minimum atomic E-state index is -3.55. The van der Waals surface area contributed by atoms with E-state index in [1.165, 1.54) is 16.2 Å². The van der Waals surface area contributed by atoms with Gasteiger partial charge in [-0.25, -0.2) is 13.4 Å². The number of thiophene rings is 1. The molecule has 0 amide bonds. The van der Waals surface area contributed by atoms with Crippen molar-refractivity contribution in [2.75, 3.05) is 10.8 Å². The Hall–Kier alpha value is -1.70. The number of rotatable bonds is 3. The average molecular weight is 391 g/mol. The van der Waals surface area contributed by atoms with Crippen LogP contribution in [-0.2, 0) is 16.4 Å². The highest BCUT2D eigenvalue weighted by molar-refractivity contribution is 7.93. The third-order valence-corrected chi connectivity index (χ3v) is 8.89. The van der Waals surface area contributed by atoms with Gasteiger partial charge in [-0.15, -0.1) is 22.7 Å². The predicted molar refractivity (Wildman–Crippen MR) is 104 cm³/mol. The summed E-state index contributed by atoms with van der Waals surface area (Å²) in [4.78, 5) is 7.87. The molecule has 1 aliphatic heterocycles. The van der Waals surface area contributed by atoms with Gasteiger partial charge in [0.25, 0.3) is 10.0 Å². The maximum absolute atomic E-state index is 13.3. The Morgan fingerprint density at radius 2 is 1.84 bits per heavy atom. The van der Waals surface area contributed by atoms with Gasteiger partial charge >= 0.3 is 0 Å². The predicted octanol–water partition coefficient (Wildman–Crippen LogP) is 4.55. The van der Waals surface area contributed by atoms with Crippen LogP contribution in [0.4, 0.5) is 5.69 Å². The molecule has 130 valence electrons. The molecule has 0 unspecified atom stereocenters. The molecule has 0 N–H and O–H groups in total. The highest BCUT2D eigenvalue weighted by atomic mass is 32.2. The fourth-order valence-corrected chi connectivity index (χ4v) is 7.11. The first kappa shape index (κ1) is 16.8. The molecule has 0 radical (unpaired) electrons. The maximum atomic E-state index is 13.3. The Labute approximate surface area is 155 Å². The molecule has 7 heteroatoms. The second-order valence-corrected chi connectivity index (χ2v) is 10.4. The van der Waals surface area contributed by atoms with Crippen LogP contribution in [0.15, 0.2) is 35.2 Å². The number of aromatic nitrogens is 1. The number of para-hydroxylation sites is 1. The lowest BCUT2D eigenvalue weighted by molar-refractivity contribution is 0.592. The van der Waals surface area contributed by atoms with Gasteiger partial charge in [-0.3, -0.25) is 4.31 Å². The zero-order chi connectivity index (χ0) is 17.8. The molecule has 1 aromatic carbocycles. The molecular weight excluding hydrogens is 372 g/mol. The largest absolute Gasteiger partial charge is 0.266 e. The summed E-state index contributed by atoms with van der Waals surface area (Å²) >= 11 is 3.11. The number of aryl methyl sites for hydroxylation is 3. The number of hydrogen-bond acceptors (Lipinski definition) is 5. The van der Waals surface area contributed by atoms with Gasteiger partial charge in [-0.1, -0.05) is 18.2 Å². The van der Waals surface area contributed by atoms with Crippen LogP contribution >= 0.6 is 22.7 Å². The van der Waals surface area contributed by atoms with Gasteiger partial charge in [0.1, 0.15) is 9.90 Å². The normalized spacial score (nSPS) is 14.1. The van der Waals surface area contributed by atoms with Gasteiger partial charge in [-0.2, -0.15) is 0 Å².